The van der Waals surface area contributed by atoms with Crippen LogP contribution in [0.15, 0.2) is 42.5 Å². The van der Waals surface area contributed by atoms with Gasteiger partial charge in [0.2, 0.25) is 0 Å². The van der Waals surface area contributed by atoms with Gasteiger partial charge < -0.3 is 20.3 Å². The molecule has 28 heavy (non-hydrogen) atoms. The zero-order valence-electron chi connectivity index (χ0n) is 14.5. The number of hydrogen-bond donors (Lipinski definition) is 3. The number of ether oxygens (including phenoxy) is 1. The molecule has 0 spiro atoms. The minimum absolute atomic E-state index is 0.0406. The lowest BCUT2D eigenvalue weighted by molar-refractivity contribution is -0.386. The number of alkyl carbamates (subject to hydrolysis) is 1. The summed E-state index contributed by atoms with van der Waals surface area (Å²) >= 11 is 0. The number of carbonyl (C=O) groups is 1. The second-order valence-electron chi connectivity index (χ2n) is 5.87. The van der Waals surface area contributed by atoms with Gasteiger partial charge in [0.05, 0.1) is 22.7 Å². The molecule has 2 aromatic carbocycles. The maximum absolute atomic E-state index is 13.4. The first kappa shape index (κ1) is 21.2. The van der Waals surface area contributed by atoms with Crippen LogP contribution in [-0.4, -0.2) is 33.9 Å². The lowest BCUT2D eigenvalue weighted by atomic mass is 10.00. The van der Waals surface area contributed by atoms with Crippen molar-refractivity contribution in [1.82, 2.24) is 5.32 Å². The van der Waals surface area contributed by atoms with Crippen LogP contribution in [0.3, 0.4) is 0 Å². The quantitative estimate of drug-likeness (QED) is 0.466. The van der Waals surface area contributed by atoms with Gasteiger partial charge in [-0.3, -0.25) is 10.1 Å². The van der Waals surface area contributed by atoms with E-state index in [4.69, 9.17) is 4.74 Å². The van der Waals surface area contributed by atoms with Gasteiger partial charge in [0.25, 0.3) is 5.69 Å². The Morgan fingerprint density at radius 1 is 1.18 bits per heavy atom. The smallest absolute Gasteiger partial charge is 0.407 e. The molecule has 3 N–H and O–H groups in total. The molecule has 150 valence electrons. The molecule has 0 saturated heterocycles. The largest absolute Gasteiger partial charge is 0.445 e. The summed E-state index contributed by atoms with van der Waals surface area (Å²) < 4.78 is 31.5. The van der Waals surface area contributed by atoms with Crippen molar-refractivity contribution in [3.05, 3.63) is 75.3 Å². The molecule has 0 aromatic heterocycles. The highest BCUT2D eigenvalue weighted by Crippen LogP contribution is 2.30. The molecule has 0 aliphatic heterocycles. The summed E-state index contributed by atoms with van der Waals surface area (Å²) in [5.41, 5.74) is -0.650. The third-order valence-electron chi connectivity index (χ3n) is 3.87. The van der Waals surface area contributed by atoms with Crippen LogP contribution >= 0.6 is 0 Å². The molecule has 0 saturated carbocycles. The van der Waals surface area contributed by atoms with Gasteiger partial charge in [-0.2, -0.15) is 0 Å². The van der Waals surface area contributed by atoms with E-state index in [1.165, 1.54) is 0 Å². The van der Waals surface area contributed by atoms with Crippen LogP contribution in [0.2, 0.25) is 0 Å². The fourth-order valence-corrected chi connectivity index (χ4v) is 2.41. The van der Waals surface area contributed by atoms with Gasteiger partial charge in [0, 0.05) is 6.54 Å². The van der Waals surface area contributed by atoms with Crippen LogP contribution in [-0.2, 0) is 11.3 Å². The van der Waals surface area contributed by atoms with Crippen molar-refractivity contribution in [2.24, 2.45) is 0 Å². The normalized spacial score (nSPS) is 12.9. The summed E-state index contributed by atoms with van der Waals surface area (Å²) in [6, 6.07) is 9.71. The van der Waals surface area contributed by atoms with Crippen molar-refractivity contribution < 1.29 is 33.4 Å². The lowest BCUT2D eigenvalue weighted by Gasteiger charge is -2.18. The molecular weight excluding hydrogens is 378 g/mol. The number of halogens is 2. The Hall–Kier alpha value is -3.11. The molecular formula is C18H18F2N2O6. The van der Waals surface area contributed by atoms with E-state index >= 15 is 0 Å². The lowest BCUT2D eigenvalue weighted by Crippen LogP contribution is -2.30. The highest BCUT2D eigenvalue weighted by atomic mass is 19.2. The molecule has 2 rings (SSSR count). The Morgan fingerprint density at radius 2 is 1.82 bits per heavy atom. The summed E-state index contributed by atoms with van der Waals surface area (Å²) in [6.07, 6.45) is -4.39. The summed E-state index contributed by atoms with van der Waals surface area (Å²) in [5.74, 6) is -2.84. The monoisotopic (exact) mass is 396 g/mol. The maximum atomic E-state index is 13.4. The van der Waals surface area contributed by atoms with Crippen molar-refractivity contribution in [3.8, 4) is 0 Å². The Bertz CT molecular complexity index is 834. The average molecular weight is 396 g/mol. The van der Waals surface area contributed by atoms with E-state index in [0.29, 0.717) is 12.1 Å². The summed E-state index contributed by atoms with van der Waals surface area (Å²) in [6.45, 7) is -0.0811. The Morgan fingerprint density at radius 3 is 2.46 bits per heavy atom. The van der Waals surface area contributed by atoms with Crippen molar-refractivity contribution in [3.63, 3.8) is 0 Å². The van der Waals surface area contributed by atoms with E-state index < -0.39 is 46.1 Å². The second-order valence-corrected chi connectivity index (χ2v) is 5.87. The molecule has 0 radical (unpaired) electrons. The van der Waals surface area contributed by atoms with Gasteiger partial charge in [-0.15, -0.1) is 0 Å². The van der Waals surface area contributed by atoms with E-state index in [9.17, 15) is 33.9 Å². The van der Waals surface area contributed by atoms with Gasteiger partial charge in [-0.05, 0) is 18.1 Å². The number of nitrogens with one attached hydrogen (secondary N) is 1. The molecule has 10 heteroatoms. The minimum Gasteiger partial charge on any atom is -0.445 e. The van der Waals surface area contributed by atoms with Crippen LogP contribution in [0, 0.1) is 21.7 Å². The molecule has 0 heterocycles. The van der Waals surface area contributed by atoms with Gasteiger partial charge in [0.15, 0.2) is 11.6 Å². The first-order chi connectivity index (χ1) is 13.3. The van der Waals surface area contributed by atoms with Gasteiger partial charge in [-0.25, -0.2) is 13.6 Å². The fourth-order valence-electron chi connectivity index (χ4n) is 2.41. The molecule has 0 aliphatic carbocycles. The zero-order valence-corrected chi connectivity index (χ0v) is 14.5. The predicted octanol–water partition coefficient (Wildman–Crippen LogP) is 2.58. The number of nitrogens with zero attached hydrogens (tertiary/aromatic N) is 1. The van der Waals surface area contributed by atoms with Crippen LogP contribution in [0.5, 0.6) is 0 Å². The molecule has 0 fully saturated rings. The van der Waals surface area contributed by atoms with Gasteiger partial charge >= 0.3 is 6.09 Å². The maximum Gasteiger partial charge on any atom is 0.407 e. The van der Waals surface area contributed by atoms with Crippen LogP contribution < -0.4 is 5.32 Å². The van der Waals surface area contributed by atoms with Crippen LogP contribution in [0.1, 0.15) is 23.7 Å². The van der Waals surface area contributed by atoms with E-state index in [1.54, 1.807) is 24.3 Å². The summed E-state index contributed by atoms with van der Waals surface area (Å²) in [4.78, 5) is 21.6. The number of aliphatic hydroxyl groups is 2. The molecule has 0 aliphatic rings. The number of amides is 1. The van der Waals surface area contributed by atoms with Crippen LogP contribution in [0.25, 0.3) is 0 Å². The SMILES string of the molecule is O=C(NCCC(O)C(O)c1cc(F)c(F)cc1[N+](=O)[O-])OCc1ccccc1. The number of nitro benzene ring substituents is 1. The van der Waals surface area contributed by atoms with Crippen LogP contribution in [0.4, 0.5) is 19.3 Å². The second kappa shape index (κ2) is 9.72. The van der Waals surface area contributed by atoms with Gasteiger partial charge in [-0.1, -0.05) is 30.3 Å². The number of rotatable bonds is 8. The Balaban J connectivity index is 1.87. The summed E-state index contributed by atoms with van der Waals surface area (Å²) in [5, 5.41) is 33.3. The van der Waals surface area contributed by atoms with Gasteiger partial charge in [0.1, 0.15) is 12.7 Å². The van der Waals surface area contributed by atoms with Crippen molar-refractivity contribution >= 4 is 11.8 Å². The topological polar surface area (TPSA) is 122 Å². The van der Waals surface area contributed by atoms with Crippen molar-refractivity contribution in [1.29, 1.82) is 0 Å². The van der Waals surface area contributed by atoms with E-state index in [2.05, 4.69) is 5.32 Å². The molecule has 2 unspecified atom stereocenters. The number of aliphatic hydroxyl groups excluding tert-OH is 2. The first-order valence-corrected chi connectivity index (χ1v) is 8.23. The zero-order chi connectivity index (χ0) is 20.7. The fraction of sp³-hybridized carbons (Fsp3) is 0.278. The minimum atomic E-state index is -1.85. The first-order valence-electron chi connectivity index (χ1n) is 8.23. The molecule has 2 aromatic rings. The third-order valence-corrected chi connectivity index (χ3v) is 3.87. The molecule has 0 bridgehead atoms. The standard InChI is InChI=1S/C18H18F2N2O6/c19-13-8-12(15(22(26)27)9-14(13)20)17(24)16(23)6-7-21-18(25)28-10-11-4-2-1-3-5-11/h1-5,8-9,16-17,23-24H,6-7,10H2,(H,21,25). The molecule has 1 amide bonds. The molecule has 2 atom stereocenters. The van der Waals surface area contributed by atoms with Crippen molar-refractivity contribution in [2.75, 3.05) is 6.54 Å². The van der Waals surface area contributed by atoms with E-state index in [-0.39, 0.29) is 19.6 Å². The number of nitro groups is 1. The molecule has 8 nitrogen and oxygen atoms in total. The number of hydrogen-bond acceptors (Lipinski definition) is 6. The highest BCUT2D eigenvalue weighted by molar-refractivity contribution is 5.67. The Kier molecular flexibility index (Phi) is 7.36. The average Bonchev–Trinajstić information content (AvgIpc) is 2.68. The third kappa shape index (κ3) is 5.69. The number of carbonyl (C=O) groups excluding carboxylic acids is 1. The highest BCUT2D eigenvalue weighted by Gasteiger charge is 2.28. The van der Waals surface area contributed by atoms with E-state index in [0.717, 1.165) is 5.56 Å². The number of benzene rings is 2. The van der Waals surface area contributed by atoms with Crippen molar-refractivity contribution in [2.45, 2.75) is 25.2 Å². The predicted molar refractivity (Wildman–Crippen MR) is 93.2 cm³/mol. The summed E-state index contributed by atoms with van der Waals surface area (Å²) in [7, 11) is 0. The Labute approximate surface area is 158 Å². The van der Waals surface area contributed by atoms with E-state index in [1.807, 2.05) is 6.07 Å².